The van der Waals surface area contributed by atoms with Crippen LogP contribution in [0.3, 0.4) is 0 Å². The van der Waals surface area contributed by atoms with Gasteiger partial charge in [0, 0.05) is 24.0 Å². The minimum Gasteiger partial charge on any atom is -0.335 e. The van der Waals surface area contributed by atoms with Crippen molar-refractivity contribution in [3.8, 4) is 0 Å². The summed E-state index contributed by atoms with van der Waals surface area (Å²) in [6, 6.07) is 1.31. The van der Waals surface area contributed by atoms with Gasteiger partial charge in [0.05, 0.1) is 4.92 Å². The van der Waals surface area contributed by atoms with E-state index in [1.54, 1.807) is 0 Å². The van der Waals surface area contributed by atoms with Gasteiger partial charge in [-0.1, -0.05) is 15.9 Å². The van der Waals surface area contributed by atoms with Crippen LogP contribution in [-0.2, 0) is 0 Å². The fourth-order valence-electron chi connectivity index (χ4n) is 2.45. The monoisotopic (exact) mass is 362 g/mol. The van der Waals surface area contributed by atoms with Gasteiger partial charge in [0.25, 0.3) is 5.91 Å². The molecule has 1 aliphatic rings. The van der Waals surface area contributed by atoms with Gasteiger partial charge < -0.3 is 4.90 Å². The van der Waals surface area contributed by atoms with Crippen LogP contribution in [0.2, 0.25) is 0 Å². The van der Waals surface area contributed by atoms with Gasteiger partial charge in [-0.3, -0.25) is 14.9 Å². The van der Waals surface area contributed by atoms with Crippen molar-refractivity contribution in [2.75, 3.05) is 11.9 Å². The normalized spacial score (nSPS) is 18.6. The Morgan fingerprint density at radius 1 is 1.43 bits per heavy atom. The summed E-state index contributed by atoms with van der Waals surface area (Å²) in [4.78, 5) is 23.5. The third-order valence-corrected chi connectivity index (χ3v) is 4.29. The Morgan fingerprint density at radius 3 is 2.76 bits per heavy atom. The number of nitrogens with zero attached hydrogens (tertiary/aromatic N) is 2. The van der Waals surface area contributed by atoms with E-state index in [-0.39, 0.29) is 6.04 Å². The average molecular weight is 363 g/mol. The maximum Gasteiger partial charge on any atom is 0.305 e. The molecule has 1 aromatic rings. The van der Waals surface area contributed by atoms with Crippen LogP contribution in [-0.4, -0.2) is 33.6 Å². The first-order valence-corrected chi connectivity index (χ1v) is 7.58. The highest BCUT2D eigenvalue weighted by Crippen LogP contribution is 2.27. The second-order valence-corrected chi connectivity index (χ2v) is 5.46. The number of hydrogen-bond donors (Lipinski definition) is 0. The molecule has 0 saturated carbocycles. The number of piperidine rings is 1. The highest BCUT2D eigenvalue weighted by Gasteiger charge is 2.33. The Balaban J connectivity index is 2.42. The minimum atomic E-state index is -1.41. The first-order valence-electron chi connectivity index (χ1n) is 6.46. The van der Waals surface area contributed by atoms with Crippen LogP contribution in [0.15, 0.2) is 12.1 Å². The van der Waals surface area contributed by atoms with E-state index in [0.29, 0.717) is 11.9 Å². The zero-order valence-electron chi connectivity index (χ0n) is 11.0. The minimum absolute atomic E-state index is 0.163. The van der Waals surface area contributed by atoms with E-state index >= 15 is 0 Å². The second kappa shape index (κ2) is 6.46. The van der Waals surface area contributed by atoms with E-state index in [2.05, 4.69) is 15.9 Å². The van der Waals surface area contributed by atoms with Crippen molar-refractivity contribution in [3.05, 3.63) is 39.4 Å². The van der Waals surface area contributed by atoms with Crippen molar-refractivity contribution < 1.29 is 18.5 Å². The van der Waals surface area contributed by atoms with Crippen LogP contribution in [0.1, 0.15) is 29.6 Å². The topological polar surface area (TPSA) is 63.4 Å². The zero-order chi connectivity index (χ0) is 15.6. The number of alkyl halides is 1. The molecule has 114 valence electrons. The van der Waals surface area contributed by atoms with Gasteiger partial charge in [-0.25, -0.2) is 4.39 Å². The molecule has 1 aromatic carbocycles. The smallest absolute Gasteiger partial charge is 0.305 e. The zero-order valence-corrected chi connectivity index (χ0v) is 12.6. The molecule has 1 aliphatic heterocycles. The summed E-state index contributed by atoms with van der Waals surface area (Å²) in [5.41, 5.74) is -1.75. The maximum atomic E-state index is 14.1. The van der Waals surface area contributed by atoms with E-state index in [1.165, 1.54) is 4.90 Å². The molecular weight excluding hydrogens is 350 g/mol. The van der Waals surface area contributed by atoms with Crippen molar-refractivity contribution in [2.24, 2.45) is 0 Å². The highest BCUT2D eigenvalue weighted by atomic mass is 79.9. The number of carbonyl (C=O) groups excluding carboxylic acids is 1. The van der Waals surface area contributed by atoms with Gasteiger partial charge in [-0.2, -0.15) is 4.39 Å². The van der Waals surface area contributed by atoms with E-state index in [4.69, 9.17) is 0 Å². The summed E-state index contributed by atoms with van der Waals surface area (Å²) >= 11 is 3.28. The molecule has 0 spiro atoms. The Labute approximate surface area is 128 Å². The SMILES string of the molecule is O=C(c1c(F)ccc([N+](=O)[O-])c1F)N1CCCCC1CBr. The van der Waals surface area contributed by atoms with Gasteiger partial charge in [0.1, 0.15) is 11.4 Å². The Morgan fingerprint density at radius 2 is 2.14 bits per heavy atom. The van der Waals surface area contributed by atoms with E-state index in [1.807, 2.05) is 0 Å². The third-order valence-electron chi connectivity index (χ3n) is 3.55. The second-order valence-electron chi connectivity index (χ2n) is 4.82. The van der Waals surface area contributed by atoms with Crippen LogP contribution in [0, 0.1) is 21.7 Å². The fourth-order valence-corrected chi connectivity index (χ4v) is 3.12. The Kier molecular flexibility index (Phi) is 4.87. The number of carbonyl (C=O) groups is 1. The van der Waals surface area contributed by atoms with Crippen LogP contribution in [0.25, 0.3) is 0 Å². The lowest BCUT2D eigenvalue weighted by Gasteiger charge is -2.34. The quantitative estimate of drug-likeness (QED) is 0.471. The molecule has 1 heterocycles. The Bertz CT molecular complexity index is 583. The predicted octanol–water partition coefficient (Wildman–Crippen LogP) is 3.26. The number of nitro groups is 1. The molecule has 0 aromatic heterocycles. The van der Waals surface area contributed by atoms with E-state index in [9.17, 15) is 23.7 Å². The summed E-state index contributed by atoms with van der Waals surface area (Å²) < 4.78 is 27.9. The van der Waals surface area contributed by atoms with Crippen LogP contribution in [0.4, 0.5) is 14.5 Å². The molecule has 2 rings (SSSR count). The van der Waals surface area contributed by atoms with Gasteiger partial charge in [0.2, 0.25) is 5.82 Å². The average Bonchev–Trinajstić information content (AvgIpc) is 2.46. The van der Waals surface area contributed by atoms with Crippen molar-refractivity contribution in [3.63, 3.8) is 0 Å². The molecule has 1 fully saturated rings. The van der Waals surface area contributed by atoms with Crippen LogP contribution < -0.4 is 0 Å². The molecule has 1 amide bonds. The van der Waals surface area contributed by atoms with Gasteiger partial charge in [-0.05, 0) is 25.3 Å². The van der Waals surface area contributed by atoms with Crippen LogP contribution in [0.5, 0.6) is 0 Å². The van der Waals surface area contributed by atoms with Crippen LogP contribution >= 0.6 is 15.9 Å². The number of hydrogen-bond acceptors (Lipinski definition) is 3. The summed E-state index contributed by atoms with van der Waals surface area (Å²) in [5, 5.41) is 11.2. The van der Waals surface area contributed by atoms with Gasteiger partial charge in [0.15, 0.2) is 0 Å². The molecule has 0 N–H and O–H groups in total. The largest absolute Gasteiger partial charge is 0.335 e. The van der Waals surface area contributed by atoms with Crippen molar-refractivity contribution in [1.29, 1.82) is 0 Å². The molecule has 1 unspecified atom stereocenters. The number of nitro benzene ring substituents is 1. The predicted molar refractivity (Wildman–Crippen MR) is 75.5 cm³/mol. The maximum absolute atomic E-state index is 14.1. The van der Waals surface area contributed by atoms with Crippen molar-refractivity contribution in [1.82, 2.24) is 4.90 Å². The molecule has 21 heavy (non-hydrogen) atoms. The molecule has 5 nitrogen and oxygen atoms in total. The standard InChI is InChI=1S/C13H13BrF2N2O3/c14-7-8-3-1-2-6-17(8)13(19)11-9(15)4-5-10(12(11)16)18(20)21/h4-5,8H,1-3,6-7H2. The molecule has 8 heteroatoms. The summed E-state index contributed by atoms with van der Waals surface area (Å²) in [7, 11) is 0. The third kappa shape index (κ3) is 3.04. The lowest BCUT2D eigenvalue weighted by Crippen LogP contribution is -2.45. The molecule has 1 atom stereocenters. The summed E-state index contributed by atoms with van der Waals surface area (Å²) in [6.45, 7) is 0.386. The van der Waals surface area contributed by atoms with Crippen molar-refractivity contribution >= 4 is 27.5 Å². The summed E-state index contributed by atoms with van der Waals surface area (Å²) in [5.74, 6) is -3.33. The number of rotatable bonds is 3. The van der Waals surface area contributed by atoms with E-state index < -0.39 is 33.7 Å². The van der Waals surface area contributed by atoms with E-state index in [0.717, 1.165) is 31.4 Å². The molecule has 1 saturated heterocycles. The summed E-state index contributed by atoms with van der Waals surface area (Å²) in [6.07, 6.45) is 2.41. The highest BCUT2D eigenvalue weighted by molar-refractivity contribution is 9.09. The number of benzene rings is 1. The first kappa shape index (κ1) is 15.8. The Hall–Kier alpha value is -1.57. The molecule has 0 aliphatic carbocycles. The molecular formula is C13H13BrF2N2O3. The fraction of sp³-hybridized carbons (Fsp3) is 0.462. The lowest BCUT2D eigenvalue weighted by molar-refractivity contribution is -0.387. The number of likely N-dealkylation sites (tertiary alicyclic amines) is 1. The molecule has 0 radical (unpaired) electrons. The molecule has 0 bridgehead atoms. The van der Waals surface area contributed by atoms with Crippen molar-refractivity contribution in [2.45, 2.75) is 25.3 Å². The van der Waals surface area contributed by atoms with Gasteiger partial charge >= 0.3 is 5.69 Å². The lowest BCUT2D eigenvalue weighted by atomic mass is 10.0. The van der Waals surface area contributed by atoms with Gasteiger partial charge in [-0.15, -0.1) is 0 Å². The number of amides is 1. The number of halogens is 3. The first-order chi connectivity index (χ1) is 9.97.